The summed E-state index contributed by atoms with van der Waals surface area (Å²) in [5.74, 6) is -0.732. The predicted molar refractivity (Wildman–Crippen MR) is 85.3 cm³/mol. The van der Waals surface area contributed by atoms with Crippen molar-refractivity contribution in [1.82, 2.24) is 0 Å². The second-order valence-corrected chi connectivity index (χ2v) is 4.86. The zero-order chi connectivity index (χ0) is 18.2. The Balaban J connectivity index is 1.93. The van der Waals surface area contributed by atoms with E-state index in [1.54, 1.807) is 24.3 Å². The van der Waals surface area contributed by atoms with Gasteiger partial charge >= 0.3 is 12.6 Å². The molecule has 0 N–H and O–H groups in total. The summed E-state index contributed by atoms with van der Waals surface area (Å²) >= 11 is 0. The number of ether oxygens (including phenoxy) is 3. The van der Waals surface area contributed by atoms with E-state index in [-0.39, 0.29) is 11.3 Å². The summed E-state index contributed by atoms with van der Waals surface area (Å²) in [7, 11) is 0. The monoisotopic (exact) mass is 350 g/mol. The Morgan fingerprint density at radius 1 is 1.00 bits per heavy atom. The lowest BCUT2D eigenvalue weighted by Crippen LogP contribution is -2.14. The van der Waals surface area contributed by atoms with Gasteiger partial charge in [0.1, 0.15) is 11.5 Å². The summed E-state index contributed by atoms with van der Waals surface area (Å²) < 4.78 is 38.8. The SMILES string of the molecule is CCOc1ccc(C(=O)COC(=O)c2cccc(OC(F)F)c2)cc1. The predicted octanol–water partition coefficient (Wildman–Crippen LogP) is 3.73. The molecule has 0 atom stereocenters. The number of halogens is 2. The van der Waals surface area contributed by atoms with Gasteiger partial charge in [0.05, 0.1) is 12.2 Å². The van der Waals surface area contributed by atoms with Gasteiger partial charge in [-0.3, -0.25) is 4.79 Å². The van der Waals surface area contributed by atoms with Crippen LogP contribution in [0.25, 0.3) is 0 Å². The highest BCUT2D eigenvalue weighted by Gasteiger charge is 2.13. The molecule has 0 amide bonds. The van der Waals surface area contributed by atoms with Crippen LogP contribution in [-0.4, -0.2) is 31.6 Å². The molecule has 0 radical (unpaired) electrons. The molecule has 0 spiro atoms. The molecule has 132 valence electrons. The zero-order valence-electron chi connectivity index (χ0n) is 13.4. The number of hydrogen-bond donors (Lipinski definition) is 0. The van der Waals surface area contributed by atoms with Gasteiger partial charge < -0.3 is 14.2 Å². The summed E-state index contributed by atoms with van der Waals surface area (Å²) in [5.41, 5.74) is 0.378. The van der Waals surface area contributed by atoms with Gasteiger partial charge in [0.2, 0.25) is 0 Å². The van der Waals surface area contributed by atoms with Crippen LogP contribution < -0.4 is 9.47 Å². The molecule has 0 fully saturated rings. The van der Waals surface area contributed by atoms with E-state index in [0.717, 1.165) is 6.07 Å². The molecule has 2 rings (SSSR count). The molecule has 5 nitrogen and oxygen atoms in total. The Kier molecular flexibility index (Phi) is 6.45. The average Bonchev–Trinajstić information content (AvgIpc) is 2.60. The fraction of sp³-hybridized carbons (Fsp3) is 0.222. The van der Waals surface area contributed by atoms with Gasteiger partial charge in [-0.05, 0) is 49.4 Å². The van der Waals surface area contributed by atoms with Crippen LogP contribution in [0.4, 0.5) is 8.78 Å². The number of carbonyl (C=O) groups is 2. The quantitative estimate of drug-likeness (QED) is 0.536. The van der Waals surface area contributed by atoms with E-state index in [1.807, 2.05) is 6.92 Å². The van der Waals surface area contributed by atoms with Gasteiger partial charge in [0.25, 0.3) is 0 Å². The topological polar surface area (TPSA) is 61.8 Å². The number of esters is 1. The van der Waals surface area contributed by atoms with Crippen LogP contribution in [0.15, 0.2) is 48.5 Å². The van der Waals surface area contributed by atoms with Crippen molar-refractivity contribution in [3.63, 3.8) is 0 Å². The number of ketones is 1. The van der Waals surface area contributed by atoms with E-state index in [0.29, 0.717) is 17.9 Å². The fourth-order valence-electron chi connectivity index (χ4n) is 2.00. The molecular formula is C18H16F2O5. The maximum absolute atomic E-state index is 12.2. The molecule has 0 bridgehead atoms. The third kappa shape index (κ3) is 5.56. The van der Waals surface area contributed by atoms with Gasteiger partial charge in [0, 0.05) is 5.56 Å². The van der Waals surface area contributed by atoms with Crippen LogP contribution >= 0.6 is 0 Å². The number of Topliss-reactive ketones (excluding diaryl/α,β-unsaturated/α-hetero) is 1. The van der Waals surface area contributed by atoms with E-state index < -0.39 is 25.0 Å². The van der Waals surface area contributed by atoms with Gasteiger partial charge in [0.15, 0.2) is 12.4 Å². The van der Waals surface area contributed by atoms with Crippen LogP contribution in [0, 0.1) is 0 Å². The first-order valence-corrected chi connectivity index (χ1v) is 7.47. The lowest BCUT2D eigenvalue weighted by atomic mass is 10.1. The summed E-state index contributed by atoms with van der Waals surface area (Å²) in [5, 5.41) is 0. The molecule has 0 saturated heterocycles. The van der Waals surface area contributed by atoms with Crippen molar-refractivity contribution >= 4 is 11.8 Å². The highest BCUT2D eigenvalue weighted by Crippen LogP contribution is 2.17. The van der Waals surface area contributed by atoms with Crippen molar-refractivity contribution in [3.05, 3.63) is 59.7 Å². The molecule has 0 aromatic heterocycles. The largest absolute Gasteiger partial charge is 0.494 e. The van der Waals surface area contributed by atoms with Gasteiger partial charge in [-0.2, -0.15) is 8.78 Å². The molecule has 0 aliphatic carbocycles. The molecule has 2 aromatic carbocycles. The van der Waals surface area contributed by atoms with E-state index in [2.05, 4.69) is 4.74 Å². The number of rotatable bonds is 8. The minimum atomic E-state index is -2.99. The minimum Gasteiger partial charge on any atom is -0.494 e. The maximum atomic E-state index is 12.2. The third-order valence-corrected chi connectivity index (χ3v) is 3.12. The standard InChI is InChI=1S/C18H16F2O5/c1-2-23-14-8-6-12(7-9-14)16(21)11-24-17(22)13-4-3-5-15(10-13)25-18(19)20/h3-10,18H,2,11H2,1H3. The Morgan fingerprint density at radius 2 is 1.72 bits per heavy atom. The molecule has 0 aliphatic heterocycles. The molecule has 0 aliphatic rings. The summed E-state index contributed by atoms with van der Waals surface area (Å²) in [6.07, 6.45) is 0. The normalized spacial score (nSPS) is 10.4. The lowest BCUT2D eigenvalue weighted by Gasteiger charge is -2.08. The van der Waals surface area contributed by atoms with Crippen LogP contribution in [0.5, 0.6) is 11.5 Å². The second kappa shape index (κ2) is 8.77. The number of alkyl halides is 2. The molecular weight excluding hydrogens is 334 g/mol. The van der Waals surface area contributed by atoms with E-state index in [1.165, 1.54) is 18.2 Å². The highest BCUT2D eigenvalue weighted by molar-refractivity contribution is 5.99. The first kappa shape index (κ1) is 18.4. The summed E-state index contributed by atoms with van der Waals surface area (Å²) in [6.45, 7) is -1.10. The maximum Gasteiger partial charge on any atom is 0.387 e. The summed E-state index contributed by atoms with van der Waals surface area (Å²) in [6, 6.07) is 11.6. The minimum absolute atomic E-state index is 0.0117. The smallest absolute Gasteiger partial charge is 0.387 e. The van der Waals surface area contributed by atoms with Crippen molar-refractivity contribution in [3.8, 4) is 11.5 Å². The zero-order valence-corrected chi connectivity index (χ0v) is 13.4. The van der Waals surface area contributed by atoms with E-state index >= 15 is 0 Å². The van der Waals surface area contributed by atoms with Crippen molar-refractivity contribution in [2.75, 3.05) is 13.2 Å². The molecule has 2 aromatic rings. The van der Waals surface area contributed by atoms with Crippen molar-refractivity contribution in [1.29, 1.82) is 0 Å². The van der Waals surface area contributed by atoms with Crippen LogP contribution in [0.1, 0.15) is 27.6 Å². The molecule has 7 heteroatoms. The number of benzene rings is 2. The van der Waals surface area contributed by atoms with E-state index in [4.69, 9.17) is 9.47 Å². The van der Waals surface area contributed by atoms with Crippen LogP contribution in [0.2, 0.25) is 0 Å². The number of carbonyl (C=O) groups excluding carboxylic acids is 2. The third-order valence-electron chi connectivity index (χ3n) is 3.12. The molecule has 0 unspecified atom stereocenters. The Labute approximate surface area is 143 Å². The molecule has 0 heterocycles. The summed E-state index contributed by atoms with van der Waals surface area (Å²) in [4.78, 5) is 23.9. The van der Waals surface area contributed by atoms with Gasteiger partial charge in [-0.25, -0.2) is 4.79 Å². The highest BCUT2D eigenvalue weighted by atomic mass is 19.3. The number of hydrogen-bond acceptors (Lipinski definition) is 5. The fourth-order valence-corrected chi connectivity index (χ4v) is 2.00. The van der Waals surface area contributed by atoms with Crippen molar-refractivity contribution in [2.24, 2.45) is 0 Å². The van der Waals surface area contributed by atoms with Crippen LogP contribution in [0.3, 0.4) is 0 Å². The van der Waals surface area contributed by atoms with Crippen molar-refractivity contribution in [2.45, 2.75) is 13.5 Å². The Bertz CT molecular complexity index is 729. The van der Waals surface area contributed by atoms with Gasteiger partial charge in [-0.1, -0.05) is 6.07 Å². The van der Waals surface area contributed by atoms with Crippen LogP contribution in [-0.2, 0) is 4.74 Å². The van der Waals surface area contributed by atoms with Gasteiger partial charge in [-0.15, -0.1) is 0 Å². The first-order chi connectivity index (χ1) is 12.0. The Morgan fingerprint density at radius 3 is 2.36 bits per heavy atom. The molecule has 25 heavy (non-hydrogen) atoms. The Hall–Kier alpha value is -2.96. The van der Waals surface area contributed by atoms with Crippen molar-refractivity contribution < 1.29 is 32.6 Å². The van der Waals surface area contributed by atoms with E-state index in [9.17, 15) is 18.4 Å². The lowest BCUT2D eigenvalue weighted by molar-refractivity contribution is -0.0499. The average molecular weight is 350 g/mol. The first-order valence-electron chi connectivity index (χ1n) is 7.47. The second-order valence-electron chi connectivity index (χ2n) is 4.86. The molecule has 0 saturated carbocycles.